The first-order chi connectivity index (χ1) is 5.81. The van der Waals surface area contributed by atoms with Crippen molar-refractivity contribution in [3.63, 3.8) is 0 Å². The van der Waals surface area contributed by atoms with Gasteiger partial charge in [0.15, 0.2) is 0 Å². The van der Waals surface area contributed by atoms with Gasteiger partial charge < -0.3 is 5.32 Å². The standard InChI is InChI=1S/C7H10F5N/c8-6(9)4-13-2-1-5(6)3-7(10,11)12/h5,13H,1-4H2. The Kier molecular flexibility index (Phi) is 2.79. The predicted molar refractivity (Wildman–Crippen MR) is 36.6 cm³/mol. The lowest BCUT2D eigenvalue weighted by Gasteiger charge is -2.32. The first-order valence-corrected chi connectivity index (χ1v) is 3.96. The zero-order chi connectivity index (χ0) is 10.1. The lowest BCUT2D eigenvalue weighted by atomic mass is 9.91. The number of piperidine rings is 1. The van der Waals surface area contributed by atoms with Gasteiger partial charge in [-0.2, -0.15) is 13.2 Å². The third-order valence-electron chi connectivity index (χ3n) is 2.11. The minimum Gasteiger partial charge on any atom is -0.311 e. The van der Waals surface area contributed by atoms with Crippen LogP contribution in [-0.2, 0) is 0 Å². The summed E-state index contributed by atoms with van der Waals surface area (Å²) in [4.78, 5) is 0. The van der Waals surface area contributed by atoms with E-state index >= 15 is 0 Å². The van der Waals surface area contributed by atoms with Crippen molar-refractivity contribution in [1.29, 1.82) is 0 Å². The maximum atomic E-state index is 12.8. The van der Waals surface area contributed by atoms with E-state index in [9.17, 15) is 22.0 Å². The van der Waals surface area contributed by atoms with E-state index in [0.717, 1.165) is 0 Å². The van der Waals surface area contributed by atoms with E-state index in [1.54, 1.807) is 0 Å². The van der Waals surface area contributed by atoms with Gasteiger partial charge in [-0.15, -0.1) is 0 Å². The SMILES string of the molecule is FC(F)(F)CC1CCNCC1(F)F. The molecule has 1 N–H and O–H groups in total. The van der Waals surface area contributed by atoms with Gasteiger partial charge in [0.05, 0.1) is 13.0 Å². The quantitative estimate of drug-likeness (QED) is 0.644. The molecule has 0 aromatic rings. The smallest absolute Gasteiger partial charge is 0.311 e. The van der Waals surface area contributed by atoms with Crippen LogP contribution < -0.4 is 5.32 Å². The fourth-order valence-electron chi connectivity index (χ4n) is 1.42. The van der Waals surface area contributed by atoms with Gasteiger partial charge in [0.2, 0.25) is 0 Å². The Hall–Kier alpha value is -0.390. The Morgan fingerprint density at radius 1 is 1.31 bits per heavy atom. The summed E-state index contributed by atoms with van der Waals surface area (Å²) in [5, 5.41) is 2.37. The molecule has 1 rings (SSSR count). The summed E-state index contributed by atoms with van der Waals surface area (Å²) < 4.78 is 61.2. The lowest BCUT2D eigenvalue weighted by Crippen LogP contribution is -2.47. The number of alkyl halides is 5. The molecule has 1 fully saturated rings. The summed E-state index contributed by atoms with van der Waals surface area (Å²) in [5.41, 5.74) is 0. The molecule has 0 aromatic carbocycles. The molecule has 1 unspecified atom stereocenters. The van der Waals surface area contributed by atoms with Crippen molar-refractivity contribution in [2.75, 3.05) is 13.1 Å². The molecule has 0 bridgehead atoms. The van der Waals surface area contributed by atoms with Crippen molar-refractivity contribution in [1.82, 2.24) is 5.32 Å². The van der Waals surface area contributed by atoms with Crippen molar-refractivity contribution in [2.24, 2.45) is 5.92 Å². The molecule has 0 spiro atoms. The van der Waals surface area contributed by atoms with E-state index in [1.165, 1.54) is 0 Å². The highest BCUT2D eigenvalue weighted by Gasteiger charge is 2.46. The molecule has 1 aliphatic rings. The largest absolute Gasteiger partial charge is 0.389 e. The molecule has 0 radical (unpaired) electrons. The summed E-state index contributed by atoms with van der Waals surface area (Å²) >= 11 is 0. The Morgan fingerprint density at radius 2 is 1.92 bits per heavy atom. The van der Waals surface area contributed by atoms with Gasteiger partial charge in [0.1, 0.15) is 0 Å². The molecule has 1 heterocycles. The molecule has 1 atom stereocenters. The molecule has 0 aromatic heterocycles. The van der Waals surface area contributed by atoms with Crippen molar-refractivity contribution in [3.8, 4) is 0 Å². The van der Waals surface area contributed by atoms with Crippen molar-refractivity contribution in [2.45, 2.75) is 24.9 Å². The number of nitrogens with one attached hydrogen (secondary N) is 1. The second-order valence-electron chi connectivity index (χ2n) is 3.24. The third kappa shape index (κ3) is 3.10. The van der Waals surface area contributed by atoms with Crippen LogP contribution in [0.2, 0.25) is 0 Å². The molecule has 0 amide bonds. The van der Waals surface area contributed by atoms with Crippen LogP contribution in [0.25, 0.3) is 0 Å². The second-order valence-corrected chi connectivity index (χ2v) is 3.24. The minimum absolute atomic E-state index is 0.119. The van der Waals surface area contributed by atoms with Gasteiger partial charge >= 0.3 is 6.18 Å². The van der Waals surface area contributed by atoms with Crippen LogP contribution in [0.5, 0.6) is 0 Å². The van der Waals surface area contributed by atoms with Gasteiger partial charge in [-0.3, -0.25) is 0 Å². The van der Waals surface area contributed by atoms with Gasteiger partial charge in [-0.05, 0) is 13.0 Å². The summed E-state index contributed by atoms with van der Waals surface area (Å²) in [6.45, 7) is -0.413. The van der Waals surface area contributed by atoms with Gasteiger partial charge in [-0.1, -0.05) is 0 Å². The summed E-state index contributed by atoms with van der Waals surface area (Å²) in [6.07, 6.45) is -6.00. The molecule has 0 aliphatic carbocycles. The van der Waals surface area contributed by atoms with Crippen LogP contribution in [0.4, 0.5) is 22.0 Å². The molecule has 13 heavy (non-hydrogen) atoms. The molecule has 1 aliphatic heterocycles. The maximum absolute atomic E-state index is 12.8. The number of halogens is 5. The lowest BCUT2D eigenvalue weighted by molar-refractivity contribution is -0.178. The van der Waals surface area contributed by atoms with Crippen LogP contribution in [0, 0.1) is 5.92 Å². The van der Waals surface area contributed by atoms with Gasteiger partial charge in [0.25, 0.3) is 5.92 Å². The zero-order valence-electron chi connectivity index (χ0n) is 6.80. The van der Waals surface area contributed by atoms with E-state index in [-0.39, 0.29) is 13.0 Å². The van der Waals surface area contributed by atoms with E-state index < -0.39 is 31.0 Å². The highest BCUT2D eigenvalue weighted by molar-refractivity contribution is 4.85. The number of hydrogen-bond acceptors (Lipinski definition) is 1. The van der Waals surface area contributed by atoms with Crippen molar-refractivity contribution in [3.05, 3.63) is 0 Å². The molecule has 1 saturated heterocycles. The van der Waals surface area contributed by atoms with E-state index in [2.05, 4.69) is 5.32 Å². The minimum atomic E-state index is -4.49. The Balaban J connectivity index is 2.56. The van der Waals surface area contributed by atoms with E-state index in [0.29, 0.717) is 0 Å². The first-order valence-electron chi connectivity index (χ1n) is 3.96. The molecule has 1 nitrogen and oxygen atoms in total. The van der Waals surface area contributed by atoms with Crippen LogP contribution >= 0.6 is 0 Å². The Morgan fingerprint density at radius 3 is 2.38 bits per heavy atom. The van der Waals surface area contributed by atoms with Crippen LogP contribution in [-0.4, -0.2) is 25.2 Å². The molecular weight excluding hydrogens is 193 g/mol. The first kappa shape index (κ1) is 10.7. The van der Waals surface area contributed by atoms with E-state index in [1.807, 2.05) is 0 Å². The topological polar surface area (TPSA) is 12.0 Å². The van der Waals surface area contributed by atoms with E-state index in [4.69, 9.17) is 0 Å². The maximum Gasteiger partial charge on any atom is 0.389 e. The third-order valence-corrected chi connectivity index (χ3v) is 2.11. The molecule has 78 valence electrons. The van der Waals surface area contributed by atoms with Crippen molar-refractivity contribution >= 4 is 0 Å². The summed E-state index contributed by atoms with van der Waals surface area (Å²) in [7, 11) is 0. The summed E-state index contributed by atoms with van der Waals surface area (Å²) in [6, 6.07) is 0. The average Bonchev–Trinajstić information content (AvgIpc) is 1.91. The monoisotopic (exact) mass is 203 g/mol. The highest BCUT2D eigenvalue weighted by atomic mass is 19.4. The fraction of sp³-hybridized carbons (Fsp3) is 1.00. The molecule has 0 saturated carbocycles. The predicted octanol–water partition coefficient (Wildman–Crippen LogP) is 2.18. The van der Waals surface area contributed by atoms with Crippen molar-refractivity contribution < 1.29 is 22.0 Å². The van der Waals surface area contributed by atoms with Crippen LogP contribution in [0.1, 0.15) is 12.8 Å². The van der Waals surface area contributed by atoms with Gasteiger partial charge in [0, 0.05) is 5.92 Å². The fourth-order valence-corrected chi connectivity index (χ4v) is 1.42. The zero-order valence-corrected chi connectivity index (χ0v) is 6.80. The average molecular weight is 203 g/mol. The molecule has 6 heteroatoms. The molecular formula is C7H10F5N. The number of hydrogen-bond donors (Lipinski definition) is 1. The Labute approximate surface area is 72.3 Å². The van der Waals surface area contributed by atoms with Crippen LogP contribution in [0.3, 0.4) is 0 Å². The summed E-state index contributed by atoms with van der Waals surface area (Å²) in [5.74, 6) is -4.79. The second kappa shape index (κ2) is 3.40. The van der Waals surface area contributed by atoms with Crippen LogP contribution in [0.15, 0.2) is 0 Å². The number of rotatable bonds is 1. The van der Waals surface area contributed by atoms with Gasteiger partial charge in [-0.25, -0.2) is 8.78 Å². The highest BCUT2D eigenvalue weighted by Crippen LogP contribution is 2.37. The normalized spacial score (nSPS) is 28.8. The Bertz CT molecular complexity index is 176.